The van der Waals surface area contributed by atoms with Gasteiger partial charge < -0.3 is 18.9 Å². The molecule has 0 aromatic heterocycles. The third-order valence-electron chi connectivity index (χ3n) is 4.24. The van der Waals surface area contributed by atoms with E-state index in [2.05, 4.69) is 10.5 Å². The van der Waals surface area contributed by atoms with Gasteiger partial charge in [0.2, 0.25) is 6.79 Å². The Balaban J connectivity index is 1.20. The van der Waals surface area contributed by atoms with E-state index < -0.39 is 0 Å². The number of ether oxygens (including phenoxy) is 4. The second kappa shape index (κ2) is 9.47. The van der Waals surface area contributed by atoms with Gasteiger partial charge in [0.1, 0.15) is 18.1 Å². The van der Waals surface area contributed by atoms with Crippen LogP contribution >= 0.6 is 0 Å². The van der Waals surface area contributed by atoms with Crippen LogP contribution in [-0.2, 0) is 11.4 Å². The molecule has 0 bridgehead atoms. The van der Waals surface area contributed by atoms with E-state index in [0.717, 1.165) is 16.9 Å². The Bertz CT molecular complexity index is 1020. The number of nitrogens with one attached hydrogen (secondary N) is 1. The van der Waals surface area contributed by atoms with E-state index in [1.807, 2.05) is 36.4 Å². The molecule has 3 aromatic rings. The summed E-state index contributed by atoms with van der Waals surface area (Å²) >= 11 is 0. The molecule has 0 saturated carbocycles. The smallest absolute Gasteiger partial charge is 0.277 e. The van der Waals surface area contributed by atoms with Crippen LogP contribution in [0.15, 0.2) is 77.9 Å². The van der Waals surface area contributed by atoms with Gasteiger partial charge in [0.15, 0.2) is 18.1 Å². The van der Waals surface area contributed by atoms with Crippen LogP contribution in [0.1, 0.15) is 11.1 Å². The first-order valence-electron chi connectivity index (χ1n) is 9.37. The van der Waals surface area contributed by atoms with Gasteiger partial charge in [0.05, 0.1) is 6.21 Å². The number of fused-ring (bicyclic) bond motifs is 1. The van der Waals surface area contributed by atoms with Crippen molar-refractivity contribution in [3.05, 3.63) is 83.9 Å². The Morgan fingerprint density at radius 3 is 2.47 bits per heavy atom. The van der Waals surface area contributed by atoms with E-state index in [1.54, 1.807) is 36.4 Å². The summed E-state index contributed by atoms with van der Waals surface area (Å²) in [5.74, 6) is 2.28. The lowest BCUT2D eigenvalue weighted by Crippen LogP contribution is -2.24. The van der Waals surface area contributed by atoms with E-state index in [1.165, 1.54) is 6.21 Å². The highest BCUT2D eigenvalue weighted by molar-refractivity contribution is 5.83. The summed E-state index contributed by atoms with van der Waals surface area (Å²) in [6.07, 6.45) is 1.53. The van der Waals surface area contributed by atoms with Gasteiger partial charge in [0.25, 0.3) is 5.91 Å². The zero-order valence-corrected chi connectivity index (χ0v) is 16.1. The second-order valence-electron chi connectivity index (χ2n) is 6.44. The van der Waals surface area contributed by atoms with Crippen LogP contribution in [0.2, 0.25) is 0 Å². The Kier molecular flexibility index (Phi) is 6.10. The third-order valence-corrected chi connectivity index (χ3v) is 4.24. The normalized spacial score (nSPS) is 12.0. The van der Waals surface area contributed by atoms with E-state index in [-0.39, 0.29) is 19.3 Å². The van der Waals surface area contributed by atoms with Crippen LogP contribution in [0.5, 0.6) is 23.0 Å². The molecule has 1 N–H and O–H groups in total. The highest BCUT2D eigenvalue weighted by Gasteiger charge is 2.12. The molecule has 0 aliphatic carbocycles. The predicted octanol–water partition coefficient (Wildman–Crippen LogP) is 3.52. The summed E-state index contributed by atoms with van der Waals surface area (Å²) in [6.45, 7) is 0.553. The molecule has 152 valence electrons. The molecule has 4 rings (SSSR count). The van der Waals surface area contributed by atoms with Crippen molar-refractivity contribution in [1.29, 1.82) is 0 Å². The number of benzene rings is 3. The SMILES string of the molecule is O=C(COc1ccc(OCc2ccccc2)cc1)N/N=C/c1ccc2c(c1)OCO2. The Morgan fingerprint density at radius 2 is 1.67 bits per heavy atom. The Morgan fingerprint density at radius 1 is 0.933 bits per heavy atom. The van der Waals surface area contributed by atoms with Crippen molar-refractivity contribution in [3.8, 4) is 23.0 Å². The van der Waals surface area contributed by atoms with Crippen molar-refractivity contribution in [3.63, 3.8) is 0 Å². The fourth-order valence-electron chi connectivity index (χ4n) is 2.73. The van der Waals surface area contributed by atoms with Gasteiger partial charge in [-0.2, -0.15) is 5.10 Å². The average Bonchev–Trinajstić information content (AvgIpc) is 3.26. The average molecular weight is 404 g/mol. The molecule has 1 amide bonds. The maximum absolute atomic E-state index is 11.9. The van der Waals surface area contributed by atoms with Crippen LogP contribution in [-0.4, -0.2) is 25.5 Å². The number of hydrazone groups is 1. The predicted molar refractivity (Wildman–Crippen MR) is 111 cm³/mol. The molecule has 0 atom stereocenters. The molecular formula is C23H20N2O5. The van der Waals surface area contributed by atoms with Crippen LogP contribution in [0, 0.1) is 0 Å². The lowest BCUT2D eigenvalue weighted by Gasteiger charge is -2.08. The van der Waals surface area contributed by atoms with Gasteiger partial charge in [-0.15, -0.1) is 0 Å². The zero-order valence-electron chi connectivity index (χ0n) is 16.1. The fourth-order valence-corrected chi connectivity index (χ4v) is 2.73. The molecular weight excluding hydrogens is 384 g/mol. The van der Waals surface area contributed by atoms with Crippen LogP contribution in [0.25, 0.3) is 0 Å². The topological polar surface area (TPSA) is 78.4 Å². The number of hydrogen-bond donors (Lipinski definition) is 1. The molecule has 1 heterocycles. The molecule has 1 aliphatic rings. The maximum Gasteiger partial charge on any atom is 0.277 e. The molecule has 0 spiro atoms. The zero-order chi connectivity index (χ0) is 20.6. The van der Waals surface area contributed by atoms with Crippen LogP contribution < -0.4 is 24.4 Å². The van der Waals surface area contributed by atoms with Crippen molar-refractivity contribution in [1.82, 2.24) is 5.43 Å². The van der Waals surface area contributed by atoms with Gasteiger partial charge in [-0.1, -0.05) is 30.3 Å². The van der Waals surface area contributed by atoms with Crippen molar-refractivity contribution in [2.24, 2.45) is 5.10 Å². The number of nitrogens with zero attached hydrogens (tertiary/aromatic N) is 1. The first-order chi connectivity index (χ1) is 14.8. The lowest BCUT2D eigenvalue weighted by atomic mass is 10.2. The highest BCUT2D eigenvalue weighted by atomic mass is 16.7. The first kappa shape index (κ1) is 19.3. The van der Waals surface area contributed by atoms with Gasteiger partial charge >= 0.3 is 0 Å². The van der Waals surface area contributed by atoms with E-state index in [9.17, 15) is 4.79 Å². The van der Waals surface area contributed by atoms with Gasteiger partial charge in [-0.3, -0.25) is 4.79 Å². The molecule has 1 aliphatic heterocycles. The quantitative estimate of drug-likeness (QED) is 0.459. The minimum Gasteiger partial charge on any atom is -0.489 e. The third kappa shape index (κ3) is 5.29. The molecule has 0 saturated heterocycles. The Hall–Kier alpha value is -4.00. The lowest BCUT2D eigenvalue weighted by molar-refractivity contribution is -0.123. The van der Waals surface area contributed by atoms with Gasteiger partial charge in [-0.05, 0) is 53.6 Å². The van der Waals surface area contributed by atoms with Crippen LogP contribution in [0.4, 0.5) is 0 Å². The summed E-state index contributed by atoms with van der Waals surface area (Å²) < 4.78 is 21.7. The molecule has 0 unspecified atom stereocenters. The van der Waals surface area contributed by atoms with E-state index in [4.69, 9.17) is 18.9 Å². The molecule has 7 heteroatoms. The molecule has 3 aromatic carbocycles. The molecule has 30 heavy (non-hydrogen) atoms. The largest absolute Gasteiger partial charge is 0.489 e. The summed E-state index contributed by atoms with van der Waals surface area (Å²) in [4.78, 5) is 11.9. The monoisotopic (exact) mass is 404 g/mol. The highest BCUT2D eigenvalue weighted by Crippen LogP contribution is 2.31. The van der Waals surface area contributed by atoms with E-state index in [0.29, 0.717) is 23.9 Å². The summed E-state index contributed by atoms with van der Waals surface area (Å²) in [7, 11) is 0. The summed E-state index contributed by atoms with van der Waals surface area (Å²) in [6, 6.07) is 22.4. The maximum atomic E-state index is 11.9. The van der Waals surface area contributed by atoms with Crippen molar-refractivity contribution in [2.75, 3.05) is 13.4 Å². The molecule has 0 radical (unpaired) electrons. The van der Waals surface area contributed by atoms with Crippen LogP contribution in [0.3, 0.4) is 0 Å². The number of carbonyl (C=O) groups is 1. The molecule has 0 fully saturated rings. The van der Waals surface area contributed by atoms with Crippen molar-refractivity contribution in [2.45, 2.75) is 6.61 Å². The van der Waals surface area contributed by atoms with Crippen molar-refractivity contribution >= 4 is 12.1 Å². The van der Waals surface area contributed by atoms with Crippen molar-refractivity contribution < 1.29 is 23.7 Å². The van der Waals surface area contributed by atoms with E-state index >= 15 is 0 Å². The van der Waals surface area contributed by atoms with Gasteiger partial charge in [0, 0.05) is 0 Å². The first-order valence-corrected chi connectivity index (χ1v) is 9.37. The number of hydrogen-bond acceptors (Lipinski definition) is 6. The minimum absolute atomic E-state index is 0.150. The summed E-state index contributed by atoms with van der Waals surface area (Å²) in [5, 5.41) is 3.93. The standard InChI is InChI=1S/C23H20N2O5/c26-23(25-24-13-18-6-11-21-22(12-18)30-16-29-21)15-28-20-9-7-19(8-10-20)27-14-17-4-2-1-3-5-17/h1-13H,14-16H2,(H,25,26)/b24-13+. The number of amides is 1. The summed E-state index contributed by atoms with van der Waals surface area (Å²) in [5.41, 5.74) is 4.30. The fraction of sp³-hybridized carbons (Fsp3) is 0.130. The Labute approximate surface area is 173 Å². The number of rotatable bonds is 8. The number of carbonyl (C=O) groups excluding carboxylic acids is 1. The second-order valence-corrected chi connectivity index (χ2v) is 6.44. The minimum atomic E-state index is -0.364. The molecule has 7 nitrogen and oxygen atoms in total. The van der Waals surface area contributed by atoms with Gasteiger partial charge in [-0.25, -0.2) is 5.43 Å².